The molecular weight excluding hydrogens is 455 g/mol. The number of carbonyl (C=O) groups excluding carboxylic acids is 2. The van der Waals surface area contributed by atoms with Gasteiger partial charge in [0, 0.05) is 13.0 Å². The summed E-state index contributed by atoms with van der Waals surface area (Å²) in [6.45, 7) is 2.95. The second-order valence-electron chi connectivity index (χ2n) is 9.09. The minimum Gasteiger partial charge on any atom is -0.444 e. The second kappa shape index (κ2) is 11.7. The Kier molecular flexibility index (Phi) is 8.68. The number of hydrogen-bond donors (Lipinski definition) is 1. The molecule has 5 nitrogen and oxygen atoms in total. The Morgan fingerprint density at radius 1 is 0.829 bits per heavy atom. The van der Waals surface area contributed by atoms with Gasteiger partial charge < -0.3 is 10.1 Å². The summed E-state index contributed by atoms with van der Waals surface area (Å²) in [6, 6.07) is 31.8. The molecule has 1 amide bonds. The maximum Gasteiger partial charge on any atom is 0.407 e. The zero-order chi connectivity index (χ0) is 25.3. The van der Waals surface area contributed by atoms with Gasteiger partial charge in [0.05, 0.1) is 0 Å². The molecule has 0 bridgehead atoms. The lowest BCUT2D eigenvalue weighted by Gasteiger charge is -2.30. The Balaban J connectivity index is 2.06. The zero-order valence-corrected chi connectivity index (χ0v) is 21.3. The lowest BCUT2D eigenvalue weighted by atomic mass is 10.2. The van der Waals surface area contributed by atoms with E-state index in [1.54, 1.807) is 20.8 Å². The first-order valence-electron chi connectivity index (χ1n) is 11.6. The van der Waals surface area contributed by atoms with Gasteiger partial charge in [-0.2, -0.15) is 5.26 Å². The van der Waals surface area contributed by atoms with Crippen molar-refractivity contribution in [3.05, 3.63) is 91.0 Å². The Bertz CT molecular complexity index is 1140. The van der Waals surface area contributed by atoms with E-state index in [2.05, 4.69) is 11.4 Å². The topological polar surface area (TPSA) is 79.2 Å². The SMILES string of the molecule is CC(C)(C)OC(=O)NCCCC(=O)C(C#N)=P(c1ccccc1)(c1ccccc1)c1ccccc1. The third kappa shape index (κ3) is 6.29. The number of Topliss-reactive ketones (excluding diaryl/α,β-unsaturated/α-hetero) is 1. The predicted octanol–water partition coefficient (Wildman–Crippen LogP) is 4.55. The number of benzene rings is 3. The van der Waals surface area contributed by atoms with Crippen LogP contribution in [0, 0.1) is 11.3 Å². The molecule has 3 rings (SSSR count). The van der Waals surface area contributed by atoms with Gasteiger partial charge in [0.2, 0.25) is 0 Å². The highest BCUT2D eigenvalue weighted by Gasteiger charge is 2.33. The van der Waals surface area contributed by atoms with Crippen LogP contribution in [0.1, 0.15) is 33.6 Å². The molecular formula is C29H31N2O3P. The van der Waals surface area contributed by atoms with Gasteiger partial charge in [0.15, 0.2) is 5.78 Å². The number of nitrogens with zero attached hydrogens (tertiary/aromatic N) is 1. The Morgan fingerprint density at radius 3 is 1.63 bits per heavy atom. The normalized spacial score (nSPS) is 11.3. The lowest BCUT2D eigenvalue weighted by Crippen LogP contribution is -2.34. The number of nitriles is 1. The maximum absolute atomic E-state index is 13.6. The van der Waals surface area contributed by atoms with Crippen LogP contribution in [0.4, 0.5) is 4.79 Å². The average molecular weight is 487 g/mol. The summed E-state index contributed by atoms with van der Waals surface area (Å²) in [4.78, 5) is 25.6. The molecule has 0 aromatic heterocycles. The van der Waals surface area contributed by atoms with Crippen LogP contribution < -0.4 is 21.2 Å². The van der Waals surface area contributed by atoms with Crippen molar-refractivity contribution in [1.29, 1.82) is 5.26 Å². The molecule has 0 aliphatic heterocycles. The number of ketones is 1. The summed E-state index contributed by atoms with van der Waals surface area (Å²) in [5.41, 5.74) is -0.590. The fraction of sp³-hybridized carbons (Fsp3) is 0.241. The van der Waals surface area contributed by atoms with Crippen molar-refractivity contribution >= 4 is 40.0 Å². The van der Waals surface area contributed by atoms with Crippen LogP contribution >= 0.6 is 6.89 Å². The van der Waals surface area contributed by atoms with Crippen molar-refractivity contribution < 1.29 is 14.3 Å². The second-order valence-corrected chi connectivity index (χ2v) is 12.4. The molecule has 0 radical (unpaired) electrons. The van der Waals surface area contributed by atoms with E-state index in [1.165, 1.54) is 0 Å². The van der Waals surface area contributed by atoms with Crippen molar-refractivity contribution in [3.8, 4) is 6.07 Å². The summed E-state index contributed by atoms with van der Waals surface area (Å²) in [6.07, 6.45) is 0.0308. The van der Waals surface area contributed by atoms with Crippen LogP contribution in [0.5, 0.6) is 0 Å². The highest BCUT2D eigenvalue weighted by Crippen LogP contribution is 2.46. The molecule has 0 fully saturated rings. The number of alkyl carbamates (subject to hydrolysis) is 1. The molecule has 3 aromatic carbocycles. The molecule has 0 saturated heterocycles. The fourth-order valence-corrected chi connectivity index (χ4v) is 8.15. The minimum atomic E-state index is -2.72. The number of hydrogen-bond acceptors (Lipinski definition) is 4. The van der Waals surface area contributed by atoms with Gasteiger partial charge >= 0.3 is 6.09 Å². The molecule has 0 atom stereocenters. The van der Waals surface area contributed by atoms with Crippen LogP contribution in [0.2, 0.25) is 0 Å². The molecule has 35 heavy (non-hydrogen) atoms. The quantitative estimate of drug-likeness (QED) is 0.374. The molecule has 0 unspecified atom stereocenters. The van der Waals surface area contributed by atoms with E-state index in [1.807, 2.05) is 91.0 Å². The molecule has 0 spiro atoms. The third-order valence-electron chi connectivity index (χ3n) is 5.38. The first-order chi connectivity index (χ1) is 16.8. The molecule has 180 valence electrons. The van der Waals surface area contributed by atoms with Crippen molar-refractivity contribution in [2.75, 3.05) is 6.54 Å². The largest absolute Gasteiger partial charge is 0.444 e. The highest BCUT2D eigenvalue weighted by atomic mass is 31.2. The molecule has 0 heterocycles. The van der Waals surface area contributed by atoms with Gasteiger partial charge in [-0.25, -0.2) is 4.79 Å². The molecule has 0 aliphatic rings. The van der Waals surface area contributed by atoms with Crippen LogP contribution in [0.15, 0.2) is 91.0 Å². The smallest absolute Gasteiger partial charge is 0.407 e. The summed E-state index contributed by atoms with van der Waals surface area (Å²) in [7, 11) is 0. The van der Waals surface area contributed by atoms with Crippen molar-refractivity contribution in [3.63, 3.8) is 0 Å². The highest BCUT2D eigenvalue weighted by molar-refractivity contribution is 7.96. The molecule has 6 heteroatoms. The zero-order valence-electron chi connectivity index (χ0n) is 20.4. The number of rotatable bonds is 8. The van der Waals surface area contributed by atoms with Gasteiger partial charge in [-0.3, -0.25) is 4.79 Å². The van der Waals surface area contributed by atoms with Crippen LogP contribution in [-0.2, 0) is 9.53 Å². The Labute approximate surface area is 207 Å². The average Bonchev–Trinajstić information content (AvgIpc) is 2.85. The summed E-state index contributed by atoms with van der Waals surface area (Å²) >= 11 is 0. The minimum absolute atomic E-state index is 0.146. The van der Waals surface area contributed by atoms with Gasteiger partial charge in [-0.15, -0.1) is 0 Å². The van der Waals surface area contributed by atoms with E-state index >= 15 is 0 Å². The van der Waals surface area contributed by atoms with E-state index in [-0.39, 0.29) is 24.0 Å². The Hall–Kier alpha value is -3.61. The van der Waals surface area contributed by atoms with Gasteiger partial charge in [0.1, 0.15) is 17.0 Å². The first-order valence-corrected chi connectivity index (χ1v) is 13.4. The fourth-order valence-electron chi connectivity index (χ4n) is 3.99. The number of nitrogens with one attached hydrogen (secondary N) is 1. The van der Waals surface area contributed by atoms with Gasteiger partial charge in [-0.1, -0.05) is 91.0 Å². The van der Waals surface area contributed by atoms with E-state index in [9.17, 15) is 14.9 Å². The van der Waals surface area contributed by atoms with Crippen molar-refractivity contribution in [2.45, 2.75) is 39.2 Å². The van der Waals surface area contributed by atoms with Crippen LogP contribution in [0.25, 0.3) is 0 Å². The standard InChI is InChI=1S/C29H31N2O3P/c1-29(2,3)34-28(33)31-21-13-20-26(32)27(22-30)35(23-14-7-4-8-15-23,24-16-9-5-10-17-24)25-18-11-6-12-19-25/h4-12,14-19H,13,20-21H2,1-3H3,(H,31,33). The van der Waals surface area contributed by atoms with Crippen molar-refractivity contribution in [1.82, 2.24) is 5.32 Å². The van der Waals surface area contributed by atoms with E-state index in [0.29, 0.717) is 6.42 Å². The molecule has 3 aromatic rings. The monoisotopic (exact) mass is 486 g/mol. The molecule has 1 N–H and O–H groups in total. The van der Waals surface area contributed by atoms with Gasteiger partial charge in [-0.05, 0) is 50.0 Å². The Morgan fingerprint density at radius 2 is 1.26 bits per heavy atom. The molecule has 0 saturated carbocycles. The van der Waals surface area contributed by atoms with E-state index in [0.717, 1.165) is 15.9 Å². The van der Waals surface area contributed by atoms with E-state index in [4.69, 9.17) is 4.74 Å². The summed E-state index contributed by atoms with van der Waals surface area (Å²) in [5.74, 6) is -0.205. The number of amides is 1. The third-order valence-corrected chi connectivity index (χ3v) is 9.62. The lowest BCUT2D eigenvalue weighted by molar-refractivity contribution is -0.112. The van der Waals surface area contributed by atoms with Crippen molar-refractivity contribution in [2.24, 2.45) is 0 Å². The predicted molar refractivity (Wildman–Crippen MR) is 144 cm³/mol. The van der Waals surface area contributed by atoms with Crippen LogP contribution in [0.3, 0.4) is 0 Å². The first kappa shape index (κ1) is 26.0. The number of carbonyl (C=O) groups is 2. The van der Waals surface area contributed by atoms with Crippen LogP contribution in [-0.4, -0.2) is 29.3 Å². The summed E-state index contributed by atoms with van der Waals surface area (Å²) < 4.78 is 5.25. The van der Waals surface area contributed by atoms with E-state index < -0.39 is 18.6 Å². The van der Waals surface area contributed by atoms with Gasteiger partial charge in [0.25, 0.3) is 0 Å². The molecule has 0 aliphatic carbocycles. The summed E-state index contributed by atoms with van der Waals surface area (Å²) in [5, 5.41) is 16.2. The maximum atomic E-state index is 13.6. The number of ether oxygens (including phenoxy) is 1.